The molecule has 1 saturated carbocycles. The van der Waals surface area contributed by atoms with Crippen LogP contribution < -0.4 is 5.32 Å². The Balaban J connectivity index is 2.21. The monoisotopic (exact) mass is 141 g/mol. The summed E-state index contributed by atoms with van der Waals surface area (Å²) in [7, 11) is 0. The molecule has 2 aliphatic rings. The SMILES string of the molecule is O=C(O)[C@]12CCC1CCN2. The van der Waals surface area contributed by atoms with E-state index in [2.05, 4.69) is 5.32 Å². The molecule has 0 spiro atoms. The molecule has 2 N–H and O–H groups in total. The second-order valence-corrected chi connectivity index (χ2v) is 3.23. The summed E-state index contributed by atoms with van der Waals surface area (Å²) in [5.74, 6) is -0.230. The third kappa shape index (κ3) is 0.515. The fraction of sp³-hybridized carbons (Fsp3) is 0.857. The zero-order chi connectivity index (χ0) is 7.19. The predicted octanol–water partition coefficient (Wildman–Crippen LogP) is 0.213. The second kappa shape index (κ2) is 1.72. The number of carboxylic acid groups (broad SMARTS) is 1. The van der Waals surface area contributed by atoms with Gasteiger partial charge in [-0.15, -0.1) is 0 Å². The van der Waals surface area contributed by atoms with E-state index in [4.69, 9.17) is 5.11 Å². The van der Waals surface area contributed by atoms with E-state index in [9.17, 15) is 4.79 Å². The Morgan fingerprint density at radius 3 is 2.70 bits per heavy atom. The van der Waals surface area contributed by atoms with Crippen LogP contribution in [0.5, 0.6) is 0 Å². The lowest BCUT2D eigenvalue weighted by Gasteiger charge is -2.40. The largest absolute Gasteiger partial charge is 0.480 e. The van der Waals surface area contributed by atoms with Crippen LogP contribution in [0.4, 0.5) is 0 Å². The van der Waals surface area contributed by atoms with Gasteiger partial charge in [0.15, 0.2) is 0 Å². The van der Waals surface area contributed by atoms with Gasteiger partial charge in [0, 0.05) is 0 Å². The maximum Gasteiger partial charge on any atom is 0.324 e. The van der Waals surface area contributed by atoms with Gasteiger partial charge in [-0.1, -0.05) is 0 Å². The lowest BCUT2D eigenvalue weighted by molar-refractivity contribution is -0.150. The summed E-state index contributed by atoms with van der Waals surface area (Å²) in [5, 5.41) is 11.9. The van der Waals surface area contributed by atoms with Crippen LogP contribution >= 0.6 is 0 Å². The summed E-state index contributed by atoms with van der Waals surface area (Å²) in [5.41, 5.74) is -0.500. The van der Waals surface area contributed by atoms with E-state index in [1.54, 1.807) is 0 Å². The molecule has 0 aromatic rings. The Labute approximate surface area is 59.4 Å². The van der Waals surface area contributed by atoms with Gasteiger partial charge in [0.05, 0.1) is 0 Å². The Morgan fingerprint density at radius 2 is 2.40 bits per heavy atom. The number of hydrogen-bond acceptors (Lipinski definition) is 2. The number of fused-ring (bicyclic) bond motifs is 1. The maximum absolute atomic E-state index is 10.7. The lowest BCUT2D eigenvalue weighted by Crippen LogP contribution is -2.58. The Bertz CT molecular complexity index is 180. The summed E-state index contributed by atoms with van der Waals surface area (Å²) >= 11 is 0. The third-order valence-electron chi connectivity index (χ3n) is 2.90. The first-order valence-corrected chi connectivity index (χ1v) is 3.74. The molecule has 0 bridgehead atoms. The zero-order valence-corrected chi connectivity index (χ0v) is 5.76. The highest BCUT2D eigenvalue weighted by Gasteiger charge is 2.55. The molecule has 0 aromatic heterocycles. The molecular formula is C7H11NO2. The summed E-state index contributed by atoms with van der Waals surface area (Å²) in [6, 6.07) is 0. The lowest BCUT2D eigenvalue weighted by atomic mass is 9.68. The molecule has 56 valence electrons. The van der Waals surface area contributed by atoms with Gasteiger partial charge in [-0.2, -0.15) is 0 Å². The Morgan fingerprint density at radius 1 is 1.60 bits per heavy atom. The summed E-state index contributed by atoms with van der Waals surface area (Å²) in [6.45, 7) is 0.886. The van der Waals surface area contributed by atoms with Gasteiger partial charge in [-0.05, 0) is 31.7 Å². The number of rotatable bonds is 1. The normalized spacial score (nSPS) is 44.2. The molecule has 3 heteroatoms. The van der Waals surface area contributed by atoms with Gasteiger partial charge < -0.3 is 10.4 Å². The smallest absolute Gasteiger partial charge is 0.324 e. The maximum atomic E-state index is 10.7. The summed E-state index contributed by atoms with van der Waals surface area (Å²) in [6.07, 6.45) is 2.97. The quantitative estimate of drug-likeness (QED) is 0.549. The number of aliphatic carboxylic acids is 1. The third-order valence-corrected chi connectivity index (χ3v) is 2.90. The number of carbonyl (C=O) groups is 1. The first-order valence-electron chi connectivity index (χ1n) is 3.74. The molecule has 2 rings (SSSR count). The fourth-order valence-electron chi connectivity index (χ4n) is 2.09. The molecule has 1 heterocycles. The number of nitrogens with one attached hydrogen (secondary N) is 1. The first kappa shape index (κ1) is 6.16. The van der Waals surface area contributed by atoms with E-state index in [0.29, 0.717) is 5.92 Å². The van der Waals surface area contributed by atoms with Crippen LogP contribution in [0.25, 0.3) is 0 Å². The van der Waals surface area contributed by atoms with Gasteiger partial charge in [-0.25, -0.2) is 0 Å². The molecule has 2 fully saturated rings. The standard InChI is InChI=1S/C7H11NO2/c9-6(10)7-3-1-5(7)2-4-8-7/h5,8H,1-4H2,(H,9,10)/t5?,7-/m0/s1. The fourth-order valence-corrected chi connectivity index (χ4v) is 2.09. The van der Waals surface area contributed by atoms with E-state index < -0.39 is 11.5 Å². The van der Waals surface area contributed by atoms with Gasteiger partial charge in [-0.3, -0.25) is 4.79 Å². The van der Waals surface area contributed by atoms with Crippen molar-refractivity contribution < 1.29 is 9.90 Å². The highest BCUT2D eigenvalue weighted by atomic mass is 16.4. The van der Waals surface area contributed by atoms with Crippen LogP contribution in [0.15, 0.2) is 0 Å². The average molecular weight is 141 g/mol. The van der Waals surface area contributed by atoms with Gasteiger partial charge in [0.25, 0.3) is 0 Å². The average Bonchev–Trinajstić information content (AvgIpc) is 2.09. The van der Waals surface area contributed by atoms with Crippen LogP contribution in [-0.2, 0) is 4.79 Å². The topological polar surface area (TPSA) is 49.3 Å². The molecule has 0 amide bonds. The Kier molecular flexibility index (Phi) is 1.06. The van der Waals surface area contributed by atoms with Crippen molar-refractivity contribution in [1.82, 2.24) is 5.32 Å². The highest BCUT2D eigenvalue weighted by molar-refractivity contribution is 5.81. The minimum Gasteiger partial charge on any atom is -0.480 e. The van der Waals surface area contributed by atoms with Crippen molar-refractivity contribution in [1.29, 1.82) is 0 Å². The van der Waals surface area contributed by atoms with Crippen molar-refractivity contribution in [3.05, 3.63) is 0 Å². The van der Waals surface area contributed by atoms with Crippen LogP contribution in [-0.4, -0.2) is 23.2 Å². The summed E-state index contributed by atoms with van der Waals surface area (Å²) in [4.78, 5) is 10.7. The van der Waals surface area contributed by atoms with Crippen molar-refractivity contribution >= 4 is 5.97 Å². The van der Waals surface area contributed by atoms with Gasteiger partial charge >= 0.3 is 5.97 Å². The zero-order valence-electron chi connectivity index (χ0n) is 5.76. The molecule has 1 unspecified atom stereocenters. The minimum atomic E-state index is -0.652. The molecule has 1 aliphatic carbocycles. The van der Waals surface area contributed by atoms with Crippen LogP contribution in [0, 0.1) is 5.92 Å². The van der Waals surface area contributed by atoms with Crippen molar-refractivity contribution in [2.75, 3.05) is 6.54 Å². The molecule has 1 saturated heterocycles. The second-order valence-electron chi connectivity index (χ2n) is 3.23. The molecule has 0 aromatic carbocycles. The first-order chi connectivity index (χ1) is 4.76. The summed E-state index contributed by atoms with van der Waals surface area (Å²) < 4.78 is 0. The van der Waals surface area contributed by atoms with Crippen LogP contribution in [0.2, 0.25) is 0 Å². The van der Waals surface area contributed by atoms with Crippen molar-refractivity contribution in [2.24, 2.45) is 5.92 Å². The molecule has 3 nitrogen and oxygen atoms in total. The molecule has 10 heavy (non-hydrogen) atoms. The van der Waals surface area contributed by atoms with Crippen molar-refractivity contribution in [3.63, 3.8) is 0 Å². The molecule has 0 radical (unpaired) electrons. The molecule has 1 aliphatic heterocycles. The highest BCUT2D eigenvalue weighted by Crippen LogP contribution is 2.44. The van der Waals surface area contributed by atoms with Crippen molar-refractivity contribution in [3.8, 4) is 0 Å². The van der Waals surface area contributed by atoms with E-state index >= 15 is 0 Å². The van der Waals surface area contributed by atoms with Crippen molar-refractivity contribution in [2.45, 2.75) is 24.8 Å². The Hall–Kier alpha value is -0.570. The van der Waals surface area contributed by atoms with Crippen LogP contribution in [0.3, 0.4) is 0 Å². The molecular weight excluding hydrogens is 130 g/mol. The minimum absolute atomic E-state index is 0.421. The predicted molar refractivity (Wildman–Crippen MR) is 35.7 cm³/mol. The van der Waals surface area contributed by atoms with E-state index in [1.807, 2.05) is 0 Å². The number of carboxylic acids is 1. The van der Waals surface area contributed by atoms with E-state index in [0.717, 1.165) is 25.8 Å². The van der Waals surface area contributed by atoms with E-state index in [1.165, 1.54) is 0 Å². The van der Waals surface area contributed by atoms with Gasteiger partial charge in [0.1, 0.15) is 5.54 Å². The van der Waals surface area contributed by atoms with Crippen LogP contribution in [0.1, 0.15) is 19.3 Å². The molecule has 2 atom stereocenters. The van der Waals surface area contributed by atoms with Gasteiger partial charge in [0.2, 0.25) is 0 Å². The van der Waals surface area contributed by atoms with E-state index in [-0.39, 0.29) is 0 Å². The number of hydrogen-bond donors (Lipinski definition) is 2.